The summed E-state index contributed by atoms with van der Waals surface area (Å²) in [5.41, 5.74) is 7.29. The lowest BCUT2D eigenvalue weighted by molar-refractivity contribution is -0.143. The van der Waals surface area contributed by atoms with Crippen LogP contribution in [0.25, 0.3) is 0 Å². The Morgan fingerprint density at radius 2 is 2.33 bits per heavy atom. The Hall–Kier alpha value is -1.52. The maximum absolute atomic E-state index is 11.2. The molecule has 5 heteroatoms. The van der Waals surface area contributed by atoms with Crippen molar-refractivity contribution in [3.05, 3.63) is 11.9 Å². The predicted octanol–water partition coefficient (Wildman–Crippen LogP) is 0.981. The molecule has 0 radical (unpaired) electrons. The van der Waals surface area contributed by atoms with Crippen molar-refractivity contribution in [2.45, 2.75) is 33.2 Å². The monoisotopic (exact) mass is 211 g/mol. The number of anilines is 1. The van der Waals surface area contributed by atoms with Crippen molar-refractivity contribution in [3.8, 4) is 0 Å². The first-order valence-electron chi connectivity index (χ1n) is 5.14. The van der Waals surface area contributed by atoms with E-state index < -0.39 is 0 Å². The van der Waals surface area contributed by atoms with Crippen LogP contribution >= 0.6 is 0 Å². The summed E-state index contributed by atoms with van der Waals surface area (Å²) < 4.78 is 6.64. The molecule has 0 unspecified atom stereocenters. The number of aromatic nitrogens is 2. The maximum atomic E-state index is 11.2. The van der Waals surface area contributed by atoms with Crippen LogP contribution in [0.3, 0.4) is 0 Å². The minimum atomic E-state index is -0.194. The summed E-state index contributed by atoms with van der Waals surface area (Å²) in [6.45, 7) is 4.96. The van der Waals surface area contributed by atoms with Crippen molar-refractivity contribution in [2.75, 3.05) is 12.3 Å². The van der Waals surface area contributed by atoms with Crippen molar-refractivity contribution in [1.82, 2.24) is 9.78 Å². The van der Waals surface area contributed by atoms with Crippen molar-refractivity contribution < 1.29 is 9.53 Å². The van der Waals surface area contributed by atoms with Gasteiger partial charge in [0.1, 0.15) is 0 Å². The molecule has 0 saturated carbocycles. The standard InChI is InChI=1S/C10H17N3O2/c1-3-13-9(8(11)7-12-13)5-6-10(14)15-4-2/h7H,3-6,11H2,1-2H3. The number of nitrogen functional groups attached to an aromatic ring is 1. The smallest absolute Gasteiger partial charge is 0.306 e. The summed E-state index contributed by atoms with van der Waals surface area (Å²) in [7, 11) is 0. The van der Waals surface area contributed by atoms with Crippen molar-refractivity contribution in [1.29, 1.82) is 0 Å². The Bertz CT molecular complexity index is 333. The van der Waals surface area contributed by atoms with Crippen LogP contribution in [0, 0.1) is 0 Å². The lowest BCUT2D eigenvalue weighted by Gasteiger charge is -2.05. The third-order valence-corrected chi connectivity index (χ3v) is 2.15. The second-order valence-corrected chi connectivity index (χ2v) is 3.17. The second kappa shape index (κ2) is 5.38. The fourth-order valence-electron chi connectivity index (χ4n) is 1.42. The number of aryl methyl sites for hydroxylation is 1. The van der Waals surface area contributed by atoms with Gasteiger partial charge in [-0.1, -0.05) is 0 Å². The lowest BCUT2D eigenvalue weighted by atomic mass is 10.2. The zero-order valence-corrected chi connectivity index (χ0v) is 9.19. The molecule has 5 nitrogen and oxygen atoms in total. The number of carbonyl (C=O) groups excluding carboxylic acids is 1. The van der Waals surface area contributed by atoms with E-state index in [1.165, 1.54) is 0 Å². The molecule has 0 aromatic carbocycles. The molecule has 2 N–H and O–H groups in total. The van der Waals surface area contributed by atoms with Gasteiger partial charge in [-0.3, -0.25) is 9.48 Å². The van der Waals surface area contributed by atoms with E-state index in [-0.39, 0.29) is 5.97 Å². The summed E-state index contributed by atoms with van der Waals surface area (Å²) in [5, 5.41) is 4.10. The minimum Gasteiger partial charge on any atom is -0.466 e. The predicted molar refractivity (Wildman–Crippen MR) is 57.3 cm³/mol. The molecule has 0 amide bonds. The van der Waals surface area contributed by atoms with E-state index in [1.807, 2.05) is 6.92 Å². The van der Waals surface area contributed by atoms with Gasteiger partial charge in [-0.25, -0.2) is 0 Å². The van der Waals surface area contributed by atoms with Crippen LogP contribution in [0.15, 0.2) is 6.20 Å². The third kappa shape index (κ3) is 2.97. The van der Waals surface area contributed by atoms with Crippen molar-refractivity contribution >= 4 is 11.7 Å². The number of nitrogens with two attached hydrogens (primary N) is 1. The third-order valence-electron chi connectivity index (χ3n) is 2.15. The lowest BCUT2D eigenvalue weighted by Crippen LogP contribution is -2.09. The van der Waals surface area contributed by atoms with Gasteiger partial charge < -0.3 is 10.5 Å². The molecule has 1 aromatic rings. The fourth-order valence-corrected chi connectivity index (χ4v) is 1.42. The molecule has 0 aliphatic rings. The van der Waals surface area contributed by atoms with Gasteiger partial charge >= 0.3 is 5.97 Å². The molecule has 1 heterocycles. The summed E-state index contributed by atoms with van der Waals surface area (Å²) in [6.07, 6.45) is 2.55. The van der Waals surface area contributed by atoms with Crippen LogP contribution in [-0.4, -0.2) is 22.4 Å². The SMILES string of the molecule is CCOC(=O)CCc1c(N)cnn1CC. The molecule has 0 aliphatic carbocycles. The van der Waals surface area contributed by atoms with Gasteiger partial charge in [0.25, 0.3) is 0 Å². The molecule has 0 spiro atoms. The Morgan fingerprint density at radius 1 is 1.60 bits per heavy atom. The van der Waals surface area contributed by atoms with Crippen molar-refractivity contribution in [2.24, 2.45) is 0 Å². The highest BCUT2D eigenvalue weighted by atomic mass is 16.5. The Morgan fingerprint density at radius 3 is 2.93 bits per heavy atom. The van der Waals surface area contributed by atoms with Crippen LogP contribution in [0.1, 0.15) is 26.0 Å². The van der Waals surface area contributed by atoms with Gasteiger partial charge in [-0.05, 0) is 13.8 Å². The van der Waals surface area contributed by atoms with Gasteiger partial charge in [0.15, 0.2) is 0 Å². The number of esters is 1. The molecule has 84 valence electrons. The molecular formula is C10H17N3O2. The summed E-state index contributed by atoms with van der Waals surface area (Å²) in [5.74, 6) is -0.194. The highest BCUT2D eigenvalue weighted by Gasteiger charge is 2.09. The van der Waals surface area contributed by atoms with Gasteiger partial charge in [0, 0.05) is 13.0 Å². The molecule has 0 bridgehead atoms. The molecular weight excluding hydrogens is 194 g/mol. The Kier molecular flexibility index (Phi) is 4.15. The summed E-state index contributed by atoms with van der Waals surface area (Å²) >= 11 is 0. The van der Waals surface area contributed by atoms with Crippen LogP contribution < -0.4 is 5.73 Å². The molecule has 0 atom stereocenters. The fraction of sp³-hybridized carbons (Fsp3) is 0.600. The average molecular weight is 211 g/mol. The van der Waals surface area contributed by atoms with Crippen LogP contribution in [0.4, 0.5) is 5.69 Å². The van der Waals surface area contributed by atoms with E-state index in [2.05, 4.69) is 5.10 Å². The van der Waals surface area contributed by atoms with E-state index >= 15 is 0 Å². The minimum absolute atomic E-state index is 0.194. The number of ether oxygens (including phenoxy) is 1. The summed E-state index contributed by atoms with van der Waals surface area (Å²) in [4.78, 5) is 11.2. The van der Waals surface area contributed by atoms with E-state index in [4.69, 9.17) is 10.5 Å². The Balaban J connectivity index is 2.56. The first-order valence-corrected chi connectivity index (χ1v) is 5.14. The molecule has 0 fully saturated rings. The highest BCUT2D eigenvalue weighted by Crippen LogP contribution is 2.13. The van der Waals surface area contributed by atoms with Crippen LogP contribution in [0.2, 0.25) is 0 Å². The van der Waals surface area contributed by atoms with E-state index in [0.29, 0.717) is 25.1 Å². The van der Waals surface area contributed by atoms with Gasteiger partial charge in [-0.15, -0.1) is 0 Å². The van der Waals surface area contributed by atoms with E-state index in [1.54, 1.807) is 17.8 Å². The molecule has 1 aromatic heterocycles. The zero-order valence-electron chi connectivity index (χ0n) is 9.19. The number of hydrogen-bond donors (Lipinski definition) is 1. The number of carbonyl (C=O) groups is 1. The largest absolute Gasteiger partial charge is 0.466 e. The van der Waals surface area contributed by atoms with Crippen LogP contribution in [-0.2, 0) is 22.5 Å². The molecule has 0 aliphatic heterocycles. The molecule has 1 rings (SSSR count). The Labute approximate surface area is 89.2 Å². The second-order valence-electron chi connectivity index (χ2n) is 3.17. The first-order chi connectivity index (χ1) is 7.19. The average Bonchev–Trinajstić information content (AvgIpc) is 2.57. The first kappa shape index (κ1) is 11.6. The summed E-state index contributed by atoms with van der Waals surface area (Å²) in [6, 6.07) is 0. The maximum Gasteiger partial charge on any atom is 0.306 e. The van der Waals surface area contributed by atoms with Gasteiger partial charge in [0.05, 0.1) is 30.6 Å². The number of nitrogens with zero attached hydrogens (tertiary/aromatic N) is 2. The van der Waals surface area contributed by atoms with Crippen molar-refractivity contribution in [3.63, 3.8) is 0 Å². The van der Waals surface area contributed by atoms with Crippen LogP contribution in [0.5, 0.6) is 0 Å². The van der Waals surface area contributed by atoms with E-state index in [9.17, 15) is 4.79 Å². The topological polar surface area (TPSA) is 70.1 Å². The highest BCUT2D eigenvalue weighted by molar-refractivity contribution is 5.69. The normalized spacial score (nSPS) is 10.3. The number of hydrogen-bond acceptors (Lipinski definition) is 4. The van der Waals surface area contributed by atoms with Gasteiger partial charge in [-0.2, -0.15) is 5.10 Å². The number of rotatable bonds is 5. The quantitative estimate of drug-likeness (QED) is 0.737. The zero-order chi connectivity index (χ0) is 11.3. The molecule has 15 heavy (non-hydrogen) atoms. The molecule has 0 saturated heterocycles. The van der Waals surface area contributed by atoms with E-state index in [0.717, 1.165) is 12.2 Å². The van der Waals surface area contributed by atoms with Gasteiger partial charge in [0.2, 0.25) is 0 Å².